The minimum atomic E-state index is -0.986. The van der Waals surface area contributed by atoms with Gasteiger partial charge in [-0.15, -0.1) is 0 Å². The predicted octanol–water partition coefficient (Wildman–Crippen LogP) is 4.30. The van der Waals surface area contributed by atoms with Gasteiger partial charge >= 0.3 is 12.1 Å². The molecule has 0 saturated carbocycles. The fraction of sp³-hybridized carbons (Fsp3) is 0.273. The molecule has 8 heteroatoms. The van der Waals surface area contributed by atoms with Crippen LogP contribution in [0.25, 0.3) is 10.9 Å². The van der Waals surface area contributed by atoms with Crippen molar-refractivity contribution in [2.75, 3.05) is 0 Å². The van der Waals surface area contributed by atoms with Crippen LogP contribution in [-0.2, 0) is 35.5 Å². The third-order valence-electron chi connectivity index (χ3n) is 5.34. The van der Waals surface area contributed by atoms with E-state index in [1.165, 1.54) is 12.1 Å². The molecule has 6 nitrogen and oxygen atoms in total. The molecule has 30 heavy (non-hydrogen) atoms. The van der Waals surface area contributed by atoms with Crippen LogP contribution in [-0.4, -0.2) is 27.8 Å². The molecule has 0 spiro atoms. The number of aromatic nitrogens is 1. The first-order valence-electron chi connectivity index (χ1n) is 9.60. The molecule has 1 heterocycles. The van der Waals surface area contributed by atoms with Gasteiger partial charge in [-0.2, -0.15) is 0 Å². The van der Waals surface area contributed by atoms with Crippen molar-refractivity contribution in [3.8, 4) is 0 Å². The van der Waals surface area contributed by atoms with Gasteiger partial charge in [-0.05, 0) is 42.5 Å². The fourth-order valence-electron chi connectivity index (χ4n) is 4.01. The lowest BCUT2D eigenvalue weighted by molar-refractivity contribution is -0.137. The second-order valence-corrected chi connectivity index (χ2v) is 7.74. The van der Waals surface area contributed by atoms with Crippen LogP contribution in [0.4, 0.5) is 9.18 Å². The molecule has 1 atom stereocenters. The number of carboxylic acids is 1. The van der Waals surface area contributed by atoms with Crippen molar-refractivity contribution in [1.82, 2.24) is 9.88 Å². The molecule has 0 saturated heterocycles. The van der Waals surface area contributed by atoms with E-state index in [-0.39, 0.29) is 24.2 Å². The van der Waals surface area contributed by atoms with E-state index in [1.54, 1.807) is 4.57 Å². The number of carboxylic acid groups (broad SMARTS) is 1. The third kappa shape index (κ3) is 4.11. The summed E-state index contributed by atoms with van der Waals surface area (Å²) in [6, 6.07) is 12.0. The summed E-state index contributed by atoms with van der Waals surface area (Å²) in [5, 5.41) is 12.7. The van der Waals surface area contributed by atoms with Gasteiger partial charge in [-0.1, -0.05) is 41.9 Å². The molecule has 1 aliphatic carbocycles. The highest BCUT2D eigenvalue weighted by molar-refractivity contribution is 6.31. The number of benzene rings is 2. The summed E-state index contributed by atoms with van der Waals surface area (Å²) in [6.45, 7) is -0.0583. The fourth-order valence-corrected chi connectivity index (χ4v) is 4.17. The van der Waals surface area contributed by atoms with E-state index >= 15 is 0 Å². The quantitative estimate of drug-likeness (QED) is 0.632. The highest BCUT2D eigenvalue weighted by atomic mass is 35.5. The van der Waals surface area contributed by atoms with Crippen molar-refractivity contribution in [2.45, 2.75) is 38.5 Å². The van der Waals surface area contributed by atoms with Gasteiger partial charge < -0.3 is 19.7 Å². The number of carbonyl (C=O) groups excluding carboxylic acids is 1. The summed E-state index contributed by atoms with van der Waals surface area (Å²) >= 11 is 5.93. The molecule has 2 N–H and O–H groups in total. The summed E-state index contributed by atoms with van der Waals surface area (Å²) in [6.07, 6.45) is 1.12. The van der Waals surface area contributed by atoms with Crippen LogP contribution in [0.5, 0.6) is 0 Å². The molecule has 156 valence electrons. The van der Waals surface area contributed by atoms with Gasteiger partial charge in [-0.3, -0.25) is 4.79 Å². The first-order valence-corrected chi connectivity index (χ1v) is 9.98. The Morgan fingerprint density at radius 1 is 1.27 bits per heavy atom. The number of hydrogen-bond donors (Lipinski definition) is 2. The number of rotatable bonds is 5. The van der Waals surface area contributed by atoms with Crippen molar-refractivity contribution in [3.05, 3.63) is 70.1 Å². The van der Waals surface area contributed by atoms with E-state index in [4.69, 9.17) is 16.3 Å². The van der Waals surface area contributed by atoms with Gasteiger partial charge in [0, 0.05) is 17.1 Å². The predicted molar refractivity (Wildman–Crippen MR) is 110 cm³/mol. The Morgan fingerprint density at radius 3 is 2.77 bits per heavy atom. The first kappa shape index (κ1) is 20.2. The summed E-state index contributed by atoms with van der Waals surface area (Å²) < 4.78 is 21.1. The lowest BCUT2D eigenvalue weighted by atomic mass is 9.91. The Balaban J connectivity index is 1.53. The smallest absolute Gasteiger partial charge is 0.407 e. The van der Waals surface area contributed by atoms with Crippen molar-refractivity contribution in [2.24, 2.45) is 0 Å². The highest BCUT2D eigenvalue weighted by Crippen LogP contribution is 2.35. The zero-order valence-electron chi connectivity index (χ0n) is 16.0. The molecular weight excluding hydrogens is 411 g/mol. The van der Waals surface area contributed by atoms with Crippen LogP contribution >= 0.6 is 11.6 Å². The largest absolute Gasteiger partial charge is 0.480 e. The SMILES string of the molecule is O=C(O)Cn1c2c(c3cc(F)c(Cl)cc31)C[C@@H](NC(=O)OCc1ccccc1)CC2. The van der Waals surface area contributed by atoms with E-state index < -0.39 is 17.9 Å². The second kappa shape index (κ2) is 8.36. The lowest BCUT2D eigenvalue weighted by Gasteiger charge is -2.24. The number of amides is 1. The van der Waals surface area contributed by atoms with Gasteiger partial charge in [-0.25, -0.2) is 9.18 Å². The Kier molecular flexibility index (Phi) is 5.63. The molecule has 0 fully saturated rings. The number of fused-ring (bicyclic) bond motifs is 3. The van der Waals surface area contributed by atoms with Gasteiger partial charge in [0.25, 0.3) is 0 Å². The van der Waals surface area contributed by atoms with E-state index in [0.717, 1.165) is 16.8 Å². The maximum absolute atomic E-state index is 14.1. The molecule has 0 bridgehead atoms. The minimum absolute atomic E-state index is 0.0526. The molecule has 2 aromatic carbocycles. The average Bonchev–Trinajstić information content (AvgIpc) is 2.99. The lowest BCUT2D eigenvalue weighted by Crippen LogP contribution is -2.39. The summed E-state index contributed by atoms with van der Waals surface area (Å²) in [7, 11) is 0. The number of halogens is 2. The summed E-state index contributed by atoms with van der Waals surface area (Å²) in [5.74, 6) is -1.54. The molecule has 1 aromatic heterocycles. The zero-order valence-corrected chi connectivity index (χ0v) is 16.8. The number of ether oxygens (including phenoxy) is 1. The maximum Gasteiger partial charge on any atom is 0.407 e. The van der Waals surface area contributed by atoms with Crippen LogP contribution < -0.4 is 5.32 Å². The number of nitrogens with zero attached hydrogens (tertiary/aromatic N) is 1. The third-order valence-corrected chi connectivity index (χ3v) is 5.63. The van der Waals surface area contributed by atoms with Crippen LogP contribution in [0.3, 0.4) is 0 Å². The Labute approximate surface area is 177 Å². The first-order chi connectivity index (χ1) is 14.4. The van der Waals surface area contributed by atoms with Crippen molar-refractivity contribution in [3.63, 3.8) is 0 Å². The van der Waals surface area contributed by atoms with E-state index in [9.17, 15) is 19.1 Å². The molecule has 0 unspecified atom stereocenters. The van der Waals surface area contributed by atoms with Crippen molar-refractivity contribution in [1.29, 1.82) is 0 Å². The number of nitrogens with one attached hydrogen (secondary N) is 1. The van der Waals surface area contributed by atoms with Crippen LogP contribution in [0.15, 0.2) is 42.5 Å². The Morgan fingerprint density at radius 2 is 2.03 bits per heavy atom. The molecule has 0 aliphatic heterocycles. The van der Waals surface area contributed by atoms with Crippen LogP contribution in [0.2, 0.25) is 5.02 Å². The number of aliphatic carboxylic acids is 1. The van der Waals surface area contributed by atoms with Crippen molar-refractivity contribution >= 4 is 34.6 Å². The molecular formula is C22H20ClFN2O4. The van der Waals surface area contributed by atoms with Crippen molar-refractivity contribution < 1.29 is 23.8 Å². The molecule has 1 aliphatic rings. The van der Waals surface area contributed by atoms with Gasteiger partial charge in [0.05, 0.1) is 10.5 Å². The monoisotopic (exact) mass is 430 g/mol. The minimum Gasteiger partial charge on any atom is -0.480 e. The summed E-state index contributed by atoms with van der Waals surface area (Å²) in [4.78, 5) is 23.6. The Bertz CT molecular complexity index is 1110. The molecule has 4 rings (SSSR count). The standard InChI is InChI=1S/C22H20ClFN2O4/c23-17-10-20-16(9-18(17)24)15-8-14(6-7-19(15)26(20)11-21(27)28)25-22(29)30-12-13-4-2-1-3-5-13/h1-5,9-10,14H,6-8,11-12H2,(H,25,29)(H,27,28)/t14-/m0/s1. The maximum atomic E-state index is 14.1. The second-order valence-electron chi connectivity index (χ2n) is 7.33. The number of hydrogen-bond acceptors (Lipinski definition) is 3. The van der Waals surface area contributed by atoms with E-state index in [2.05, 4.69) is 5.32 Å². The van der Waals surface area contributed by atoms with Gasteiger partial charge in [0.1, 0.15) is 19.0 Å². The normalized spacial score (nSPS) is 15.6. The number of carbonyl (C=O) groups is 2. The van der Waals surface area contributed by atoms with E-state index in [0.29, 0.717) is 30.2 Å². The average molecular weight is 431 g/mol. The van der Waals surface area contributed by atoms with Crippen LogP contribution in [0, 0.1) is 5.82 Å². The Hall–Kier alpha value is -3.06. The topological polar surface area (TPSA) is 80.6 Å². The highest BCUT2D eigenvalue weighted by Gasteiger charge is 2.28. The zero-order chi connectivity index (χ0) is 21.3. The molecule has 1 amide bonds. The van der Waals surface area contributed by atoms with Gasteiger partial charge in [0.15, 0.2) is 0 Å². The molecule has 0 radical (unpaired) electrons. The number of alkyl carbamates (subject to hydrolysis) is 1. The molecule has 3 aromatic rings. The van der Waals surface area contributed by atoms with E-state index in [1.807, 2.05) is 30.3 Å². The summed E-state index contributed by atoms with van der Waals surface area (Å²) in [5.41, 5.74) is 3.15. The van der Waals surface area contributed by atoms with Gasteiger partial charge in [0.2, 0.25) is 0 Å². The van der Waals surface area contributed by atoms with Crippen LogP contribution in [0.1, 0.15) is 23.2 Å².